The molecule has 0 radical (unpaired) electrons. The van der Waals surface area contributed by atoms with Crippen molar-refractivity contribution in [1.29, 1.82) is 0 Å². The fourth-order valence-corrected chi connectivity index (χ4v) is 3.83. The van der Waals surface area contributed by atoms with Crippen LogP contribution in [0.5, 0.6) is 0 Å². The van der Waals surface area contributed by atoms with Crippen LogP contribution in [0.25, 0.3) is 32.9 Å². The molecule has 154 valence electrons. The molecule has 0 spiro atoms. The molecular formula is C20H17F3N6O. The van der Waals surface area contributed by atoms with Gasteiger partial charge in [-0.1, -0.05) is 12.1 Å². The van der Waals surface area contributed by atoms with Crippen molar-refractivity contribution in [3.8, 4) is 11.1 Å². The molecule has 0 saturated heterocycles. The quantitative estimate of drug-likeness (QED) is 0.396. The lowest BCUT2D eigenvalue weighted by Gasteiger charge is -2.22. The number of carbonyl (C=O) groups is 1. The fraction of sp³-hybridized carbons (Fsp3) is 0.250. The molecule has 1 unspecified atom stereocenters. The molecule has 1 aliphatic rings. The van der Waals surface area contributed by atoms with Gasteiger partial charge in [0.1, 0.15) is 11.9 Å². The van der Waals surface area contributed by atoms with Gasteiger partial charge in [-0.05, 0) is 30.4 Å². The van der Waals surface area contributed by atoms with E-state index in [1.807, 2.05) is 12.1 Å². The highest BCUT2D eigenvalue weighted by Crippen LogP contribution is 2.43. The number of primary amides is 1. The highest BCUT2D eigenvalue weighted by atomic mass is 19.4. The average Bonchev–Trinajstić information content (AvgIpc) is 3.22. The number of aromatic nitrogens is 4. The summed E-state index contributed by atoms with van der Waals surface area (Å²) in [4.78, 5) is 19.2. The highest BCUT2D eigenvalue weighted by Gasteiger charge is 2.49. The third-order valence-electron chi connectivity index (χ3n) is 5.46. The summed E-state index contributed by atoms with van der Waals surface area (Å²) < 4.78 is 40.7. The van der Waals surface area contributed by atoms with Gasteiger partial charge in [0.05, 0.1) is 22.7 Å². The van der Waals surface area contributed by atoms with Crippen molar-refractivity contribution in [2.75, 3.05) is 5.32 Å². The normalized spacial score (nSPS) is 15.6. The predicted octanol–water partition coefficient (Wildman–Crippen LogP) is 3.96. The van der Waals surface area contributed by atoms with E-state index in [9.17, 15) is 18.0 Å². The number of aromatic amines is 2. The summed E-state index contributed by atoms with van der Waals surface area (Å²) in [5.41, 5.74) is 8.31. The minimum atomic E-state index is -4.40. The maximum Gasteiger partial charge on any atom is 0.408 e. The number of alkyl halides is 3. The molecule has 7 nitrogen and oxygen atoms in total. The lowest BCUT2D eigenvalue weighted by molar-refractivity contribution is -0.146. The van der Waals surface area contributed by atoms with Crippen LogP contribution in [0.4, 0.5) is 19.0 Å². The Morgan fingerprint density at radius 3 is 2.67 bits per heavy atom. The molecule has 30 heavy (non-hydrogen) atoms. The van der Waals surface area contributed by atoms with Crippen LogP contribution in [0, 0.1) is 5.92 Å². The van der Waals surface area contributed by atoms with Crippen LogP contribution in [0.3, 0.4) is 0 Å². The number of amides is 1. The van der Waals surface area contributed by atoms with Gasteiger partial charge < -0.3 is 16.0 Å². The maximum atomic E-state index is 13.6. The third-order valence-corrected chi connectivity index (χ3v) is 5.46. The summed E-state index contributed by atoms with van der Waals surface area (Å²) >= 11 is 0. The Bertz CT molecular complexity index is 1260. The monoisotopic (exact) mass is 414 g/mol. The van der Waals surface area contributed by atoms with Gasteiger partial charge in [0.15, 0.2) is 0 Å². The summed E-state index contributed by atoms with van der Waals surface area (Å²) in [6, 6.07) is 3.77. The van der Waals surface area contributed by atoms with Gasteiger partial charge in [-0.25, -0.2) is 4.98 Å². The second kappa shape index (κ2) is 6.48. The smallest absolute Gasteiger partial charge is 0.365 e. The number of rotatable bonds is 5. The van der Waals surface area contributed by atoms with E-state index in [1.54, 1.807) is 18.5 Å². The molecule has 1 aliphatic carbocycles. The summed E-state index contributed by atoms with van der Waals surface area (Å²) in [5.74, 6) is -1.11. The summed E-state index contributed by atoms with van der Waals surface area (Å²) in [6.45, 7) is 0. The topological polar surface area (TPSA) is 112 Å². The van der Waals surface area contributed by atoms with Gasteiger partial charge in [-0.3, -0.25) is 9.89 Å². The van der Waals surface area contributed by atoms with Crippen molar-refractivity contribution < 1.29 is 18.0 Å². The van der Waals surface area contributed by atoms with Crippen LogP contribution in [0.1, 0.15) is 23.2 Å². The molecular weight excluding hydrogens is 397 g/mol. The molecule has 5 N–H and O–H groups in total. The van der Waals surface area contributed by atoms with Crippen LogP contribution in [0.15, 0.2) is 36.8 Å². The number of fused-ring (bicyclic) bond motifs is 3. The van der Waals surface area contributed by atoms with Gasteiger partial charge in [0.2, 0.25) is 0 Å². The summed E-state index contributed by atoms with van der Waals surface area (Å²) in [6.07, 6.45) is 1.23. The number of anilines is 1. The Morgan fingerprint density at radius 2 is 2.03 bits per heavy atom. The molecule has 1 saturated carbocycles. The molecule has 0 aliphatic heterocycles. The van der Waals surface area contributed by atoms with Crippen molar-refractivity contribution in [1.82, 2.24) is 20.2 Å². The zero-order valence-corrected chi connectivity index (χ0v) is 15.5. The Balaban J connectivity index is 1.70. The van der Waals surface area contributed by atoms with E-state index in [1.165, 1.54) is 6.20 Å². The lowest BCUT2D eigenvalue weighted by atomic mass is 10.1. The van der Waals surface area contributed by atoms with Gasteiger partial charge in [-0.2, -0.15) is 18.3 Å². The number of hydrogen-bond acceptors (Lipinski definition) is 4. The highest BCUT2D eigenvalue weighted by molar-refractivity contribution is 6.18. The predicted molar refractivity (Wildman–Crippen MR) is 106 cm³/mol. The van der Waals surface area contributed by atoms with Crippen LogP contribution in [0.2, 0.25) is 0 Å². The molecule has 1 fully saturated rings. The molecule has 1 aromatic carbocycles. The minimum absolute atomic E-state index is 0.0755. The van der Waals surface area contributed by atoms with Crippen LogP contribution < -0.4 is 11.1 Å². The van der Waals surface area contributed by atoms with E-state index >= 15 is 0 Å². The van der Waals surface area contributed by atoms with E-state index in [2.05, 4.69) is 25.5 Å². The van der Waals surface area contributed by atoms with Gasteiger partial charge in [0.25, 0.3) is 5.91 Å². The Morgan fingerprint density at radius 1 is 1.23 bits per heavy atom. The second-order valence-corrected chi connectivity index (χ2v) is 7.51. The number of nitrogens with zero attached hydrogens (tertiary/aromatic N) is 2. The number of pyridine rings is 1. The van der Waals surface area contributed by atoms with Crippen molar-refractivity contribution in [3.63, 3.8) is 0 Å². The van der Waals surface area contributed by atoms with Crippen molar-refractivity contribution in [2.45, 2.75) is 25.1 Å². The van der Waals surface area contributed by atoms with E-state index < -0.39 is 24.0 Å². The second-order valence-electron chi connectivity index (χ2n) is 7.51. The number of H-pyrrole nitrogens is 2. The largest absolute Gasteiger partial charge is 0.408 e. The standard InChI is InChI=1S/C20H17F3N6O/c21-20(22,23)17(9-1-2-9)29-19-15-12-4-3-10(11-6-26-27-7-11)5-14(12)28-16(15)13(8-25-19)18(24)30/h3-9,17,28H,1-2H2,(H2,24,30)(H,25,29)(H,26,27). The minimum Gasteiger partial charge on any atom is -0.365 e. The van der Waals surface area contributed by atoms with Gasteiger partial charge in [0, 0.05) is 28.9 Å². The van der Waals surface area contributed by atoms with Gasteiger partial charge in [-0.15, -0.1) is 0 Å². The first-order valence-electron chi connectivity index (χ1n) is 9.39. The molecule has 3 heterocycles. The maximum absolute atomic E-state index is 13.6. The van der Waals surface area contributed by atoms with Crippen LogP contribution >= 0.6 is 0 Å². The van der Waals surface area contributed by atoms with Crippen LogP contribution in [-0.2, 0) is 0 Å². The number of nitrogens with one attached hydrogen (secondary N) is 3. The first-order chi connectivity index (χ1) is 14.3. The molecule has 1 atom stereocenters. The zero-order valence-electron chi connectivity index (χ0n) is 15.5. The number of hydrogen-bond donors (Lipinski definition) is 4. The number of nitrogens with two attached hydrogens (primary N) is 1. The number of carbonyl (C=O) groups excluding carboxylic acids is 1. The van der Waals surface area contributed by atoms with Crippen LogP contribution in [-0.4, -0.2) is 38.3 Å². The lowest BCUT2D eigenvalue weighted by Crippen LogP contribution is -2.38. The first-order valence-corrected chi connectivity index (χ1v) is 9.39. The fourth-order valence-electron chi connectivity index (χ4n) is 3.83. The van der Waals surface area contributed by atoms with Crippen molar-refractivity contribution in [2.24, 2.45) is 11.7 Å². The van der Waals surface area contributed by atoms with Crippen molar-refractivity contribution in [3.05, 3.63) is 42.4 Å². The van der Waals surface area contributed by atoms with E-state index in [0.29, 0.717) is 34.6 Å². The third kappa shape index (κ3) is 3.04. The van der Waals surface area contributed by atoms with Crippen molar-refractivity contribution >= 4 is 33.5 Å². The summed E-state index contributed by atoms with van der Waals surface area (Å²) in [5, 5.41) is 10.3. The number of benzene rings is 1. The molecule has 4 aromatic rings. The summed E-state index contributed by atoms with van der Waals surface area (Å²) in [7, 11) is 0. The first kappa shape index (κ1) is 18.5. The molecule has 3 aromatic heterocycles. The molecule has 0 bridgehead atoms. The average molecular weight is 414 g/mol. The van der Waals surface area contributed by atoms with E-state index in [4.69, 9.17) is 5.73 Å². The Kier molecular flexibility index (Phi) is 3.99. The molecule has 10 heteroatoms. The van der Waals surface area contributed by atoms with E-state index in [-0.39, 0.29) is 11.4 Å². The SMILES string of the molecule is NC(=O)c1cnc(NC(C2CC2)C(F)(F)F)c2c1[nH]c1cc(-c3cn[nH]c3)ccc12. The molecule has 1 amide bonds. The number of halogens is 3. The van der Waals surface area contributed by atoms with Gasteiger partial charge >= 0.3 is 6.18 Å². The van der Waals surface area contributed by atoms with E-state index in [0.717, 1.165) is 11.1 Å². The zero-order chi connectivity index (χ0) is 21.0. The Hall–Kier alpha value is -3.56. The Labute approximate surface area is 167 Å². The molecule has 5 rings (SSSR count).